The Hall–Kier alpha value is -1.56. The Kier molecular flexibility index (Phi) is 16.3. The van der Waals surface area contributed by atoms with Crippen molar-refractivity contribution in [3.8, 4) is 0 Å². The van der Waals surface area contributed by atoms with Gasteiger partial charge in [0.05, 0.1) is 0 Å². The fourth-order valence-electron chi connectivity index (χ4n) is 5.10. The van der Waals surface area contributed by atoms with Gasteiger partial charge in [-0.3, -0.25) is 0 Å². The summed E-state index contributed by atoms with van der Waals surface area (Å²) < 4.78 is 0. The minimum atomic E-state index is 0. The lowest BCUT2D eigenvalue weighted by molar-refractivity contribution is 0.340. The molecule has 0 nitrogen and oxygen atoms in total. The van der Waals surface area contributed by atoms with Gasteiger partial charge in [0.15, 0.2) is 0 Å². The first-order valence-electron chi connectivity index (χ1n) is 14.5. The molecule has 0 N–H and O–H groups in total. The molecule has 1 fully saturated rings. The van der Waals surface area contributed by atoms with E-state index in [1.165, 1.54) is 41.5 Å². The fraction of sp³-hybridized carbons (Fsp3) is 0.667. The van der Waals surface area contributed by atoms with Gasteiger partial charge in [0.2, 0.25) is 0 Å². The van der Waals surface area contributed by atoms with Crippen molar-refractivity contribution in [2.45, 2.75) is 133 Å². The van der Waals surface area contributed by atoms with E-state index in [2.05, 4.69) is 132 Å². The van der Waals surface area contributed by atoms with Gasteiger partial charge in [0.25, 0.3) is 0 Å². The Labute approximate surface area is 227 Å². The molecule has 0 radical (unpaired) electrons. The zero-order valence-corrected chi connectivity index (χ0v) is 25.4. The summed E-state index contributed by atoms with van der Waals surface area (Å²) in [6.45, 7) is 27.4. The Bertz CT molecular complexity index is 757. The Balaban J connectivity index is 0.000000504. The van der Waals surface area contributed by atoms with Gasteiger partial charge in [-0.15, -0.1) is 0 Å². The minimum absolute atomic E-state index is 0. The van der Waals surface area contributed by atoms with E-state index < -0.39 is 0 Å². The number of hydrogen-bond donors (Lipinski definition) is 0. The third-order valence-electron chi connectivity index (χ3n) is 7.88. The van der Waals surface area contributed by atoms with Crippen LogP contribution in [0, 0.1) is 23.7 Å². The van der Waals surface area contributed by atoms with Crippen LogP contribution in [0.1, 0.15) is 156 Å². The standard InChI is InChI=1S/2C12H18.C11H22.CH4/c1-9(2)11-6-5-7-12(8-11)10(3)4;1-9(2)11-7-5-6-8-12(11)10(3)4;1-8(2)10-5-6-11(7-10)9(3)4;/h2*5-10H,1-4H3;8-11H,5-7H2,1-4H3;1H4. The van der Waals surface area contributed by atoms with Crippen LogP contribution < -0.4 is 0 Å². The molecule has 0 saturated heterocycles. The summed E-state index contributed by atoms with van der Waals surface area (Å²) in [6.07, 6.45) is 4.47. The summed E-state index contributed by atoms with van der Waals surface area (Å²) in [6, 6.07) is 17.6. The zero-order chi connectivity index (χ0) is 26.7. The highest BCUT2D eigenvalue weighted by atomic mass is 14.3. The summed E-state index contributed by atoms with van der Waals surface area (Å²) in [7, 11) is 0. The van der Waals surface area contributed by atoms with Crippen molar-refractivity contribution in [2.24, 2.45) is 23.7 Å². The second kappa shape index (κ2) is 17.0. The molecule has 2 unspecified atom stereocenters. The quantitative estimate of drug-likeness (QED) is 0.374. The molecule has 0 heterocycles. The zero-order valence-electron chi connectivity index (χ0n) is 25.4. The van der Waals surface area contributed by atoms with Crippen LogP contribution in [0.5, 0.6) is 0 Å². The van der Waals surface area contributed by atoms with Crippen molar-refractivity contribution in [2.75, 3.05) is 0 Å². The lowest BCUT2D eigenvalue weighted by atomic mass is 9.89. The molecule has 206 valence electrons. The molecule has 2 aromatic carbocycles. The van der Waals surface area contributed by atoms with Gasteiger partial charge in [0.1, 0.15) is 0 Å². The number of hydrogen-bond acceptors (Lipinski definition) is 0. The van der Waals surface area contributed by atoms with Crippen LogP contribution in [0.2, 0.25) is 0 Å². The Morgan fingerprint density at radius 3 is 1.11 bits per heavy atom. The van der Waals surface area contributed by atoms with Gasteiger partial charge in [-0.05, 0) is 88.9 Å². The first kappa shape index (κ1) is 34.4. The van der Waals surface area contributed by atoms with E-state index in [9.17, 15) is 0 Å². The van der Waals surface area contributed by atoms with Gasteiger partial charge in [-0.25, -0.2) is 0 Å². The predicted molar refractivity (Wildman–Crippen MR) is 166 cm³/mol. The highest BCUT2D eigenvalue weighted by molar-refractivity contribution is 5.32. The van der Waals surface area contributed by atoms with E-state index in [0.717, 1.165) is 23.7 Å². The monoisotopic (exact) mass is 494 g/mol. The molecule has 0 aromatic heterocycles. The second-order valence-electron chi connectivity index (χ2n) is 12.7. The molecule has 1 aliphatic rings. The highest BCUT2D eigenvalue weighted by Gasteiger charge is 2.28. The molecule has 2 atom stereocenters. The largest absolute Gasteiger partial charge is 0.0776 e. The normalized spacial score (nSPS) is 17.3. The van der Waals surface area contributed by atoms with Crippen LogP contribution in [0.4, 0.5) is 0 Å². The molecule has 0 spiro atoms. The molecule has 0 bridgehead atoms. The SMILES string of the molecule is C.CC(C)C1CCC(C(C)C)C1.CC(C)c1cccc(C(C)C)c1.CC(C)c1ccccc1C(C)C. The first-order valence-corrected chi connectivity index (χ1v) is 14.5. The molecule has 1 aliphatic carbocycles. The van der Waals surface area contributed by atoms with Gasteiger partial charge < -0.3 is 0 Å². The van der Waals surface area contributed by atoms with Gasteiger partial charge in [-0.1, -0.05) is 139 Å². The molecular weight excluding hydrogens is 432 g/mol. The summed E-state index contributed by atoms with van der Waals surface area (Å²) in [5, 5.41) is 0. The van der Waals surface area contributed by atoms with Crippen molar-refractivity contribution >= 4 is 0 Å². The number of rotatable bonds is 6. The van der Waals surface area contributed by atoms with Crippen LogP contribution in [0.3, 0.4) is 0 Å². The lowest BCUT2D eigenvalue weighted by Crippen LogP contribution is -2.07. The molecule has 0 aliphatic heterocycles. The lowest BCUT2D eigenvalue weighted by Gasteiger charge is -2.16. The molecular formula is C36H62. The van der Waals surface area contributed by atoms with Crippen molar-refractivity contribution in [1.29, 1.82) is 0 Å². The van der Waals surface area contributed by atoms with E-state index >= 15 is 0 Å². The maximum Gasteiger partial charge on any atom is -0.0216 e. The maximum atomic E-state index is 2.37. The van der Waals surface area contributed by atoms with Crippen LogP contribution in [0.25, 0.3) is 0 Å². The van der Waals surface area contributed by atoms with Crippen molar-refractivity contribution in [3.63, 3.8) is 0 Å². The predicted octanol–water partition coefficient (Wildman–Crippen LogP) is 12.2. The smallest absolute Gasteiger partial charge is 0.0216 e. The van der Waals surface area contributed by atoms with E-state index in [-0.39, 0.29) is 7.43 Å². The molecule has 3 rings (SSSR count). The average molecular weight is 495 g/mol. The minimum Gasteiger partial charge on any atom is -0.0776 e. The molecule has 36 heavy (non-hydrogen) atoms. The maximum absolute atomic E-state index is 2.37. The summed E-state index contributed by atoms with van der Waals surface area (Å²) in [5.41, 5.74) is 5.88. The van der Waals surface area contributed by atoms with E-state index in [0.29, 0.717) is 23.7 Å². The van der Waals surface area contributed by atoms with Crippen molar-refractivity contribution in [1.82, 2.24) is 0 Å². The van der Waals surface area contributed by atoms with E-state index in [4.69, 9.17) is 0 Å². The third kappa shape index (κ3) is 11.7. The van der Waals surface area contributed by atoms with Gasteiger partial charge in [-0.2, -0.15) is 0 Å². The highest BCUT2D eigenvalue weighted by Crippen LogP contribution is 2.39. The van der Waals surface area contributed by atoms with Crippen molar-refractivity contribution in [3.05, 3.63) is 70.8 Å². The van der Waals surface area contributed by atoms with Crippen LogP contribution in [-0.2, 0) is 0 Å². The summed E-state index contributed by atoms with van der Waals surface area (Å²) >= 11 is 0. The second-order valence-corrected chi connectivity index (χ2v) is 12.7. The summed E-state index contributed by atoms with van der Waals surface area (Å²) in [5.74, 6) is 6.46. The molecule has 0 heteroatoms. The van der Waals surface area contributed by atoms with E-state index in [1.54, 1.807) is 0 Å². The Morgan fingerprint density at radius 2 is 0.861 bits per heavy atom. The molecule has 0 amide bonds. The van der Waals surface area contributed by atoms with Gasteiger partial charge >= 0.3 is 0 Å². The molecule has 2 aromatic rings. The fourth-order valence-corrected chi connectivity index (χ4v) is 5.10. The third-order valence-corrected chi connectivity index (χ3v) is 7.88. The first-order chi connectivity index (χ1) is 16.3. The summed E-state index contributed by atoms with van der Waals surface area (Å²) in [4.78, 5) is 0. The average Bonchev–Trinajstić information content (AvgIpc) is 3.31. The van der Waals surface area contributed by atoms with E-state index in [1.807, 2.05) is 0 Å². The topological polar surface area (TPSA) is 0 Å². The molecule has 1 saturated carbocycles. The van der Waals surface area contributed by atoms with Crippen LogP contribution in [-0.4, -0.2) is 0 Å². The van der Waals surface area contributed by atoms with Crippen LogP contribution in [0.15, 0.2) is 48.5 Å². The van der Waals surface area contributed by atoms with Crippen LogP contribution >= 0.6 is 0 Å². The van der Waals surface area contributed by atoms with Crippen molar-refractivity contribution < 1.29 is 0 Å². The van der Waals surface area contributed by atoms with Gasteiger partial charge in [0, 0.05) is 0 Å². The number of benzene rings is 2. The Morgan fingerprint density at radius 1 is 0.500 bits per heavy atom.